The molecule has 1 heterocycles. The molecule has 1 aliphatic rings. The molecule has 0 saturated carbocycles. The summed E-state index contributed by atoms with van der Waals surface area (Å²) in [5.41, 5.74) is 2.36. The summed E-state index contributed by atoms with van der Waals surface area (Å²) in [5, 5.41) is 2.98. The number of carbonyl (C=O) groups is 1. The number of amides is 1. The van der Waals surface area contributed by atoms with Gasteiger partial charge in [0.25, 0.3) is 5.91 Å². The maximum absolute atomic E-state index is 12.5. The molecule has 9 heteroatoms. The Hall–Kier alpha value is -2.29. The topological polar surface area (TPSA) is 81.8 Å². The van der Waals surface area contributed by atoms with Gasteiger partial charge in [-0.3, -0.25) is 9.52 Å². The van der Waals surface area contributed by atoms with Gasteiger partial charge < -0.3 is 15.1 Å². The van der Waals surface area contributed by atoms with Gasteiger partial charge in [-0.15, -0.1) is 0 Å². The molecule has 3 rings (SSSR count). The Morgan fingerprint density at radius 2 is 1.61 bits per heavy atom. The fourth-order valence-corrected chi connectivity index (χ4v) is 3.82. The monoisotopic (exact) mass is 422 g/mol. The third kappa shape index (κ3) is 5.37. The third-order valence-corrected chi connectivity index (χ3v) is 5.43. The Labute approximate surface area is 170 Å². The number of halogens is 1. The fraction of sp³-hybridized carbons (Fsp3) is 0.316. The van der Waals surface area contributed by atoms with Crippen LogP contribution in [0.1, 0.15) is 10.4 Å². The predicted molar refractivity (Wildman–Crippen MR) is 114 cm³/mol. The first-order valence-electron chi connectivity index (χ1n) is 8.83. The molecule has 7 nitrogen and oxygen atoms in total. The number of benzene rings is 2. The molecule has 2 N–H and O–H groups in total. The molecule has 1 saturated heterocycles. The van der Waals surface area contributed by atoms with Gasteiger partial charge in [-0.1, -0.05) is 11.6 Å². The first-order valence-corrected chi connectivity index (χ1v) is 11.1. The molecule has 1 fully saturated rings. The van der Waals surface area contributed by atoms with Gasteiger partial charge in [0.05, 0.1) is 16.8 Å². The highest BCUT2D eigenvalue weighted by Gasteiger charge is 2.15. The van der Waals surface area contributed by atoms with Crippen LogP contribution < -0.4 is 14.9 Å². The number of piperazine rings is 1. The van der Waals surface area contributed by atoms with Crippen molar-refractivity contribution in [3.8, 4) is 0 Å². The van der Waals surface area contributed by atoms with Crippen LogP contribution >= 0.6 is 11.6 Å². The number of hydrogen-bond acceptors (Lipinski definition) is 5. The zero-order valence-electron chi connectivity index (χ0n) is 15.8. The summed E-state index contributed by atoms with van der Waals surface area (Å²) in [6, 6.07) is 12.1. The SMILES string of the molecule is CN1CCN(c2ccc(NC(=O)c3ccc(NS(C)(=O)=O)cc3Cl)cc2)CC1. The minimum atomic E-state index is -3.41. The quantitative estimate of drug-likeness (QED) is 0.774. The van der Waals surface area contributed by atoms with Crippen molar-refractivity contribution < 1.29 is 13.2 Å². The summed E-state index contributed by atoms with van der Waals surface area (Å²) in [7, 11) is -1.29. The van der Waals surface area contributed by atoms with E-state index in [1.165, 1.54) is 18.2 Å². The van der Waals surface area contributed by atoms with Crippen molar-refractivity contribution in [1.82, 2.24) is 4.90 Å². The van der Waals surface area contributed by atoms with Gasteiger partial charge in [-0.2, -0.15) is 0 Å². The molecule has 28 heavy (non-hydrogen) atoms. The molecule has 1 amide bonds. The molecule has 0 aliphatic carbocycles. The van der Waals surface area contributed by atoms with Crippen LogP contribution in [0.25, 0.3) is 0 Å². The normalized spacial score (nSPS) is 15.3. The summed E-state index contributed by atoms with van der Waals surface area (Å²) in [6.45, 7) is 4.01. The maximum atomic E-state index is 12.5. The van der Waals surface area contributed by atoms with Gasteiger partial charge in [-0.05, 0) is 49.5 Å². The van der Waals surface area contributed by atoms with Crippen LogP contribution in [-0.4, -0.2) is 58.7 Å². The first kappa shape index (κ1) is 20.4. The largest absolute Gasteiger partial charge is 0.369 e. The molecule has 2 aromatic rings. The molecule has 0 aromatic heterocycles. The van der Waals surface area contributed by atoms with Crippen molar-refractivity contribution >= 4 is 44.6 Å². The van der Waals surface area contributed by atoms with E-state index < -0.39 is 10.0 Å². The number of rotatable bonds is 5. The average molecular weight is 423 g/mol. The standard InChI is InChI=1S/C19H23ClN4O3S/c1-23-9-11-24(12-10-23)16-6-3-14(4-7-16)21-19(25)17-8-5-15(13-18(17)20)22-28(2,26)27/h3-8,13,22H,9-12H2,1-2H3,(H,21,25). The molecule has 0 bridgehead atoms. The second-order valence-electron chi connectivity index (χ2n) is 6.86. The zero-order chi connectivity index (χ0) is 20.3. The third-order valence-electron chi connectivity index (χ3n) is 4.51. The second kappa shape index (κ2) is 8.38. The van der Waals surface area contributed by atoms with Crippen molar-refractivity contribution in [1.29, 1.82) is 0 Å². The Balaban J connectivity index is 1.66. The molecule has 1 aliphatic heterocycles. The smallest absolute Gasteiger partial charge is 0.257 e. The number of sulfonamides is 1. The van der Waals surface area contributed by atoms with Crippen LogP contribution in [0, 0.1) is 0 Å². The lowest BCUT2D eigenvalue weighted by Gasteiger charge is -2.34. The summed E-state index contributed by atoms with van der Waals surface area (Å²) >= 11 is 6.15. The van der Waals surface area contributed by atoms with E-state index in [4.69, 9.17) is 11.6 Å². The van der Waals surface area contributed by atoms with Gasteiger partial charge in [0.2, 0.25) is 10.0 Å². The van der Waals surface area contributed by atoms with Crippen molar-refractivity contribution in [2.24, 2.45) is 0 Å². The van der Waals surface area contributed by atoms with E-state index in [1.54, 1.807) is 0 Å². The van der Waals surface area contributed by atoms with Gasteiger partial charge in [0.1, 0.15) is 0 Å². The number of nitrogens with zero attached hydrogens (tertiary/aromatic N) is 2. The molecule has 2 aromatic carbocycles. The van der Waals surface area contributed by atoms with E-state index in [-0.39, 0.29) is 16.5 Å². The van der Waals surface area contributed by atoms with Crippen molar-refractivity contribution in [2.45, 2.75) is 0 Å². The Kier molecular flexibility index (Phi) is 6.12. The summed E-state index contributed by atoms with van der Waals surface area (Å²) in [5.74, 6) is -0.358. The van der Waals surface area contributed by atoms with Crippen LogP contribution in [-0.2, 0) is 10.0 Å². The summed E-state index contributed by atoms with van der Waals surface area (Å²) in [4.78, 5) is 17.1. The molecule has 0 unspecified atom stereocenters. The van der Waals surface area contributed by atoms with E-state index >= 15 is 0 Å². The average Bonchev–Trinajstić information content (AvgIpc) is 2.62. The Morgan fingerprint density at radius 3 is 2.18 bits per heavy atom. The molecule has 0 radical (unpaired) electrons. The van der Waals surface area contributed by atoms with Gasteiger partial charge in [-0.25, -0.2) is 8.42 Å². The lowest BCUT2D eigenvalue weighted by atomic mass is 10.2. The Morgan fingerprint density at radius 1 is 1.00 bits per heavy atom. The van der Waals surface area contributed by atoms with E-state index in [2.05, 4.69) is 26.9 Å². The van der Waals surface area contributed by atoms with E-state index in [1.807, 2.05) is 24.3 Å². The van der Waals surface area contributed by atoms with Crippen molar-refractivity contribution in [3.05, 3.63) is 53.1 Å². The van der Waals surface area contributed by atoms with E-state index in [0.717, 1.165) is 38.1 Å². The number of nitrogens with one attached hydrogen (secondary N) is 2. The fourth-order valence-electron chi connectivity index (χ4n) is 3.00. The lowest BCUT2D eigenvalue weighted by molar-refractivity contribution is 0.102. The predicted octanol–water partition coefficient (Wildman–Crippen LogP) is 2.72. The minimum Gasteiger partial charge on any atom is -0.369 e. The number of likely N-dealkylation sites (N-methyl/N-ethyl adjacent to an activating group) is 1. The first-order chi connectivity index (χ1) is 13.2. The van der Waals surface area contributed by atoms with Gasteiger partial charge >= 0.3 is 0 Å². The highest BCUT2D eigenvalue weighted by atomic mass is 35.5. The number of anilines is 3. The Bertz CT molecular complexity index is 956. The maximum Gasteiger partial charge on any atom is 0.257 e. The number of carbonyl (C=O) groups excluding carboxylic acids is 1. The highest BCUT2D eigenvalue weighted by Crippen LogP contribution is 2.24. The molecular weight excluding hydrogens is 400 g/mol. The lowest BCUT2D eigenvalue weighted by Crippen LogP contribution is -2.44. The van der Waals surface area contributed by atoms with E-state index in [0.29, 0.717) is 11.4 Å². The molecule has 150 valence electrons. The van der Waals surface area contributed by atoms with E-state index in [9.17, 15) is 13.2 Å². The van der Waals surface area contributed by atoms with Gasteiger partial charge in [0.15, 0.2) is 0 Å². The highest BCUT2D eigenvalue weighted by molar-refractivity contribution is 7.92. The zero-order valence-corrected chi connectivity index (χ0v) is 17.3. The molecular formula is C19H23ClN4O3S. The van der Waals surface area contributed by atoms with Crippen molar-refractivity contribution in [3.63, 3.8) is 0 Å². The van der Waals surface area contributed by atoms with Crippen LogP contribution in [0.15, 0.2) is 42.5 Å². The summed E-state index contributed by atoms with van der Waals surface area (Å²) in [6.07, 6.45) is 1.05. The van der Waals surface area contributed by atoms with Gasteiger partial charge in [0, 0.05) is 43.2 Å². The van der Waals surface area contributed by atoms with Crippen molar-refractivity contribution in [2.75, 3.05) is 54.4 Å². The van der Waals surface area contributed by atoms with Crippen LogP contribution in [0.3, 0.4) is 0 Å². The van der Waals surface area contributed by atoms with Crippen LogP contribution in [0.2, 0.25) is 5.02 Å². The van der Waals surface area contributed by atoms with Crippen LogP contribution in [0.5, 0.6) is 0 Å². The minimum absolute atomic E-state index is 0.167. The summed E-state index contributed by atoms with van der Waals surface area (Å²) < 4.78 is 24.9. The van der Waals surface area contributed by atoms with Crippen LogP contribution in [0.4, 0.5) is 17.1 Å². The second-order valence-corrected chi connectivity index (χ2v) is 9.02. The molecule has 0 atom stereocenters. The molecule has 0 spiro atoms. The number of hydrogen-bond donors (Lipinski definition) is 2.